The number of amidine groups is 1. The van der Waals surface area contributed by atoms with Gasteiger partial charge in [-0.25, -0.2) is 0 Å². The highest BCUT2D eigenvalue weighted by Gasteiger charge is 2.13. The van der Waals surface area contributed by atoms with Crippen LogP contribution in [-0.2, 0) is 0 Å². The summed E-state index contributed by atoms with van der Waals surface area (Å²) in [6, 6.07) is 8.61. The van der Waals surface area contributed by atoms with E-state index in [1.165, 1.54) is 15.6 Å². The summed E-state index contributed by atoms with van der Waals surface area (Å²) in [4.78, 5) is 3.41. The molecule has 15 heavy (non-hydrogen) atoms. The molecule has 1 rings (SSSR count). The smallest absolute Gasteiger partial charge is 0.261 e. The van der Waals surface area contributed by atoms with Crippen molar-refractivity contribution in [2.24, 2.45) is 0 Å². The van der Waals surface area contributed by atoms with Gasteiger partial charge in [0.1, 0.15) is 0 Å². The maximum atomic E-state index is 2.16. The third kappa shape index (κ3) is 3.59. The summed E-state index contributed by atoms with van der Waals surface area (Å²) in [5.74, 6) is 0. The fourth-order valence-corrected chi connectivity index (χ4v) is 2.14. The minimum atomic E-state index is 1.24. The molecule has 0 atom stereocenters. The Kier molecular flexibility index (Phi) is 4.21. The average molecular weight is 223 g/mol. The highest BCUT2D eigenvalue weighted by molar-refractivity contribution is 8.13. The number of thioether (sulfide) groups is 1. The van der Waals surface area contributed by atoms with Crippen LogP contribution in [0.25, 0.3) is 0 Å². The lowest BCUT2D eigenvalue weighted by molar-refractivity contribution is -0.466. The third-order valence-electron chi connectivity index (χ3n) is 2.00. The summed E-state index contributed by atoms with van der Waals surface area (Å²) in [6.07, 6.45) is 0. The Balaban J connectivity index is 2.85. The molecule has 0 unspecified atom stereocenters. The molecule has 0 saturated carbocycles. The van der Waals surface area contributed by atoms with Gasteiger partial charge in [-0.3, -0.25) is 9.48 Å². The van der Waals surface area contributed by atoms with E-state index in [1.54, 1.807) is 11.8 Å². The summed E-state index contributed by atoms with van der Waals surface area (Å²) >= 11 is 1.78. The van der Waals surface area contributed by atoms with Gasteiger partial charge in [0.15, 0.2) is 0 Å². The zero-order valence-electron chi connectivity index (χ0n) is 10.1. The quantitative estimate of drug-likeness (QED) is 0.312. The van der Waals surface area contributed by atoms with Crippen molar-refractivity contribution in [1.29, 1.82) is 0 Å². The first-order chi connectivity index (χ1) is 7.00. The van der Waals surface area contributed by atoms with Gasteiger partial charge in [-0.2, -0.15) is 0 Å². The van der Waals surface area contributed by atoms with E-state index in [2.05, 4.69) is 68.9 Å². The molecular weight excluding hydrogens is 204 g/mol. The second-order valence-electron chi connectivity index (χ2n) is 3.99. The fourth-order valence-electron chi connectivity index (χ4n) is 1.29. The number of hydrogen-bond acceptors (Lipinski definition) is 1. The molecule has 0 bridgehead atoms. The molecule has 2 nitrogen and oxygen atoms in total. The monoisotopic (exact) mass is 223 g/mol. The molecule has 0 aliphatic heterocycles. The van der Waals surface area contributed by atoms with Gasteiger partial charge in [0.2, 0.25) is 0 Å². The van der Waals surface area contributed by atoms with Gasteiger partial charge in [-0.15, -0.1) is 0 Å². The van der Waals surface area contributed by atoms with Crippen LogP contribution >= 0.6 is 11.8 Å². The number of aryl methyl sites for hydroxylation is 1. The lowest BCUT2D eigenvalue weighted by Gasteiger charge is -2.10. The third-order valence-corrected chi connectivity index (χ3v) is 3.42. The first kappa shape index (κ1) is 12.1. The Morgan fingerprint density at radius 3 is 2.07 bits per heavy atom. The Hall–Kier alpha value is -0.960. The van der Waals surface area contributed by atoms with E-state index in [9.17, 15) is 0 Å². The lowest BCUT2D eigenvalue weighted by Crippen LogP contribution is -2.26. The zero-order chi connectivity index (χ0) is 11.4. The number of hydrogen-bond donors (Lipinski definition) is 0. The van der Waals surface area contributed by atoms with E-state index in [0.717, 1.165) is 0 Å². The summed E-state index contributed by atoms with van der Waals surface area (Å²) in [5, 5.41) is 1.24. The lowest BCUT2D eigenvalue weighted by atomic mass is 10.2. The SMILES string of the molecule is Cc1ccc(SC(N(C)C)=[N+](C)C)cc1. The minimum absolute atomic E-state index is 1.24. The van der Waals surface area contributed by atoms with E-state index in [4.69, 9.17) is 0 Å². The molecular formula is C12H19N2S+. The van der Waals surface area contributed by atoms with Crippen molar-refractivity contribution >= 4 is 16.9 Å². The summed E-state index contributed by atoms with van der Waals surface area (Å²) < 4.78 is 2.13. The van der Waals surface area contributed by atoms with Crippen LogP contribution < -0.4 is 0 Å². The van der Waals surface area contributed by atoms with Gasteiger partial charge in [-0.1, -0.05) is 17.7 Å². The van der Waals surface area contributed by atoms with Gasteiger partial charge >= 0.3 is 5.17 Å². The van der Waals surface area contributed by atoms with Crippen LogP contribution in [0.15, 0.2) is 29.2 Å². The van der Waals surface area contributed by atoms with Crippen LogP contribution in [0, 0.1) is 6.92 Å². The first-order valence-electron chi connectivity index (χ1n) is 4.97. The van der Waals surface area contributed by atoms with Crippen molar-refractivity contribution in [3.8, 4) is 0 Å². The number of benzene rings is 1. The van der Waals surface area contributed by atoms with Crippen molar-refractivity contribution in [3.63, 3.8) is 0 Å². The van der Waals surface area contributed by atoms with E-state index in [-0.39, 0.29) is 0 Å². The molecule has 3 heteroatoms. The predicted molar refractivity (Wildman–Crippen MR) is 67.8 cm³/mol. The van der Waals surface area contributed by atoms with E-state index in [1.807, 2.05) is 0 Å². The topological polar surface area (TPSA) is 6.25 Å². The molecule has 82 valence electrons. The summed E-state index contributed by atoms with van der Waals surface area (Å²) in [5.41, 5.74) is 1.30. The molecule has 0 fully saturated rings. The molecule has 1 aromatic carbocycles. The maximum absolute atomic E-state index is 2.16. The molecule has 0 amide bonds. The van der Waals surface area contributed by atoms with Gasteiger partial charge in [0.25, 0.3) is 0 Å². The molecule has 0 N–H and O–H groups in total. The van der Waals surface area contributed by atoms with Gasteiger partial charge < -0.3 is 0 Å². The molecule has 0 heterocycles. The predicted octanol–water partition coefficient (Wildman–Crippen LogP) is 2.28. The highest BCUT2D eigenvalue weighted by Crippen LogP contribution is 2.20. The molecule has 0 aliphatic carbocycles. The van der Waals surface area contributed by atoms with Crippen LogP contribution in [0.5, 0.6) is 0 Å². The van der Waals surface area contributed by atoms with E-state index >= 15 is 0 Å². The Bertz CT molecular complexity index is 348. The number of rotatable bonds is 1. The van der Waals surface area contributed by atoms with E-state index < -0.39 is 0 Å². The van der Waals surface area contributed by atoms with Crippen molar-refractivity contribution in [1.82, 2.24) is 4.90 Å². The van der Waals surface area contributed by atoms with Crippen molar-refractivity contribution in [2.75, 3.05) is 28.2 Å². The van der Waals surface area contributed by atoms with Crippen molar-refractivity contribution in [2.45, 2.75) is 11.8 Å². The summed E-state index contributed by atoms with van der Waals surface area (Å²) in [7, 11) is 8.26. The molecule has 1 aromatic rings. The van der Waals surface area contributed by atoms with Crippen molar-refractivity contribution < 1.29 is 4.58 Å². The Morgan fingerprint density at radius 1 is 1.13 bits per heavy atom. The van der Waals surface area contributed by atoms with Gasteiger partial charge in [0.05, 0.1) is 28.2 Å². The largest absolute Gasteiger partial charge is 0.312 e. The van der Waals surface area contributed by atoms with Crippen molar-refractivity contribution in [3.05, 3.63) is 29.8 Å². The normalized spacial score (nSPS) is 9.93. The van der Waals surface area contributed by atoms with Crippen LogP contribution in [0.4, 0.5) is 0 Å². The van der Waals surface area contributed by atoms with Crippen LogP contribution in [0.3, 0.4) is 0 Å². The average Bonchev–Trinajstić information content (AvgIpc) is 2.15. The van der Waals surface area contributed by atoms with Crippen LogP contribution in [0.2, 0.25) is 0 Å². The molecule has 0 aromatic heterocycles. The molecule has 0 saturated heterocycles. The fraction of sp³-hybridized carbons (Fsp3) is 0.417. The van der Waals surface area contributed by atoms with E-state index in [0.29, 0.717) is 0 Å². The highest BCUT2D eigenvalue weighted by atomic mass is 32.2. The van der Waals surface area contributed by atoms with Crippen LogP contribution in [0.1, 0.15) is 5.56 Å². The number of nitrogens with zero attached hydrogens (tertiary/aromatic N) is 2. The summed E-state index contributed by atoms with van der Waals surface area (Å²) in [6.45, 7) is 2.11. The first-order valence-corrected chi connectivity index (χ1v) is 5.78. The van der Waals surface area contributed by atoms with Gasteiger partial charge in [-0.05, 0) is 30.8 Å². The minimum Gasteiger partial charge on any atom is -0.261 e. The second kappa shape index (κ2) is 5.21. The Morgan fingerprint density at radius 2 is 1.67 bits per heavy atom. The maximum Gasteiger partial charge on any atom is 0.312 e. The molecule has 0 radical (unpaired) electrons. The molecule has 0 aliphatic rings. The van der Waals surface area contributed by atoms with Gasteiger partial charge in [0, 0.05) is 4.90 Å². The standard InChI is InChI=1S/C12H19N2S/c1-10-6-8-11(9-7-10)15-12(13(2)3)14(4)5/h6-9H,1-5H3/q+1. The molecule has 0 spiro atoms. The second-order valence-corrected chi connectivity index (χ2v) is 5.03. The Labute approximate surface area is 96.6 Å². The zero-order valence-corrected chi connectivity index (χ0v) is 10.9. The van der Waals surface area contributed by atoms with Crippen LogP contribution in [-0.4, -0.2) is 42.8 Å².